The summed E-state index contributed by atoms with van der Waals surface area (Å²) in [7, 11) is 4.16. The Bertz CT molecular complexity index is 828. The lowest BCUT2D eigenvalue weighted by molar-refractivity contribution is 0.280. The molecule has 3 heteroatoms. The number of phenols is 1. The van der Waals surface area contributed by atoms with E-state index >= 15 is 0 Å². The maximum atomic E-state index is 11.2. The highest BCUT2D eigenvalue weighted by molar-refractivity contribution is 5.53. The van der Waals surface area contributed by atoms with E-state index in [1.165, 1.54) is 29.7 Å². The first-order valence-corrected chi connectivity index (χ1v) is 11.3. The van der Waals surface area contributed by atoms with Gasteiger partial charge in [-0.2, -0.15) is 0 Å². The van der Waals surface area contributed by atoms with Gasteiger partial charge in [-0.1, -0.05) is 53.7 Å². The number of nitrogens with zero attached hydrogens (tertiary/aromatic N) is 2. The summed E-state index contributed by atoms with van der Waals surface area (Å²) < 4.78 is 0. The van der Waals surface area contributed by atoms with Crippen molar-refractivity contribution < 1.29 is 5.11 Å². The van der Waals surface area contributed by atoms with Crippen LogP contribution < -0.4 is 4.90 Å². The summed E-state index contributed by atoms with van der Waals surface area (Å²) in [6.45, 7) is 15.4. The van der Waals surface area contributed by atoms with E-state index in [0.717, 1.165) is 24.2 Å². The SMILES string of the molecule is CN(C)c1ccc([C@@H](c2cc(C(C)(C)C)c(O)c(C(C)(C)C)c2)N2CCCC2)cc1. The summed E-state index contributed by atoms with van der Waals surface area (Å²) in [5, 5.41) is 11.2. The number of benzene rings is 2. The molecule has 0 unspecified atom stereocenters. The minimum Gasteiger partial charge on any atom is -0.507 e. The largest absolute Gasteiger partial charge is 0.507 e. The Morgan fingerprint density at radius 1 is 0.800 bits per heavy atom. The van der Waals surface area contributed by atoms with E-state index in [-0.39, 0.29) is 16.9 Å². The fraction of sp³-hybridized carbons (Fsp3) is 0.556. The van der Waals surface area contributed by atoms with E-state index in [2.05, 4.69) is 102 Å². The zero-order valence-corrected chi connectivity index (χ0v) is 20.2. The predicted octanol–water partition coefficient (Wildman–Crippen LogP) is 6.24. The molecular formula is C27H40N2O. The Kier molecular flexibility index (Phi) is 6.25. The summed E-state index contributed by atoms with van der Waals surface area (Å²) in [4.78, 5) is 4.75. The molecule has 0 aromatic heterocycles. The molecule has 0 amide bonds. The second-order valence-corrected chi connectivity index (χ2v) is 11.1. The highest BCUT2D eigenvalue weighted by Crippen LogP contribution is 2.43. The van der Waals surface area contributed by atoms with E-state index in [9.17, 15) is 5.11 Å². The number of anilines is 1. The average molecular weight is 409 g/mol. The summed E-state index contributed by atoms with van der Waals surface area (Å²) in [6.07, 6.45) is 2.51. The highest BCUT2D eigenvalue weighted by Gasteiger charge is 2.31. The maximum absolute atomic E-state index is 11.2. The number of likely N-dealkylation sites (tertiary alicyclic amines) is 1. The second kappa shape index (κ2) is 8.26. The molecule has 2 aromatic rings. The van der Waals surface area contributed by atoms with Gasteiger partial charge in [-0.3, -0.25) is 4.90 Å². The highest BCUT2D eigenvalue weighted by atomic mass is 16.3. The molecule has 1 aliphatic rings. The second-order valence-electron chi connectivity index (χ2n) is 11.1. The topological polar surface area (TPSA) is 26.7 Å². The zero-order valence-electron chi connectivity index (χ0n) is 20.2. The van der Waals surface area contributed by atoms with Gasteiger partial charge in [-0.15, -0.1) is 0 Å². The molecule has 3 nitrogen and oxygen atoms in total. The fourth-order valence-electron chi connectivity index (χ4n) is 4.53. The lowest BCUT2D eigenvalue weighted by Crippen LogP contribution is -2.28. The lowest BCUT2D eigenvalue weighted by Gasteiger charge is -2.33. The van der Waals surface area contributed by atoms with Crippen LogP contribution in [0.25, 0.3) is 0 Å². The normalized spacial score (nSPS) is 16.7. The van der Waals surface area contributed by atoms with Crippen LogP contribution in [0.4, 0.5) is 5.69 Å². The molecule has 1 aliphatic heterocycles. The molecule has 30 heavy (non-hydrogen) atoms. The quantitative estimate of drug-likeness (QED) is 0.649. The first kappa shape index (κ1) is 22.7. The van der Waals surface area contributed by atoms with Crippen molar-refractivity contribution in [1.82, 2.24) is 4.90 Å². The first-order chi connectivity index (χ1) is 13.9. The Labute approximate surface area is 183 Å². The van der Waals surface area contributed by atoms with Crippen molar-refractivity contribution in [1.29, 1.82) is 0 Å². The van der Waals surface area contributed by atoms with E-state index in [1.54, 1.807) is 0 Å². The monoisotopic (exact) mass is 408 g/mol. The number of rotatable bonds is 4. The molecule has 2 aromatic carbocycles. The molecule has 1 N–H and O–H groups in total. The molecule has 0 saturated carbocycles. The third-order valence-corrected chi connectivity index (χ3v) is 6.30. The summed E-state index contributed by atoms with van der Waals surface area (Å²) in [5.74, 6) is 0.460. The number of hydrogen-bond donors (Lipinski definition) is 1. The number of hydrogen-bond acceptors (Lipinski definition) is 3. The van der Waals surface area contributed by atoms with Crippen molar-refractivity contribution in [2.24, 2.45) is 0 Å². The molecule has 164 valence electrons. The molecular weight excluding hydrogens is 368 g/mol. The third-order valence-electron chi connectivity index (χ3n) is 6.30. The summed E-state index contributed by atoms with van der Waals surface area (Å²) in [6, 6.07) is 13.7. The van der Waals surface area contributed by atoms with Crippen LogP contribution in [0.5, 0.6) is 5.75 Å². The van der Waals surface area contributed by atoms with Crippen LogP contribution in [-0.4, -0.2) is 37.2 Å². The fourth-order valence-corrected chi connectivity index (χ4v) is 4.53. The molecule has 1 saturated heterocycles. The van der Waals surface area contributed by atoms with Gasteiger partial charge >= 0.3 is 0 Å². The van der Waals surface area contributed by atoms with Crippen molar-refractivity contribution in [3.05, 3.63) is 58.7 Å². The molecule has 0 aliphatic carbocycles. The molecule has 1 atom stereocenters. The first-order valence-electron chi connectivity index (χ1n) is 11.3. The minimum absolute atomic E-state index is 0.121. The number of phenolic OH excluding ortho intramolecular Hbond substituents is 1. The Morgan fingerprint density at radius 2 is 1.27 bits per heavy atom. The van der Waals surface area contributed by atoms with Crippen LogP contribution in [0.1, 0.15) is 82.7 Å². The predicted molar refractivity (Wildman–Crippen MR) is 129 cm³/mol. The van der Waals surface area contributed by atoms with Crippen LogP contribution in [0.15, 0.2) is 36.4 Å². The molecule has 1 heterocycles. The van der Waals surface area contributed by atoms with Crippen LogP contribution >= 0.6 is 0 Å². The van der Waals surface area contributed by atoms with Crippen LogP contribution in [-0.2, 0) is 10.8 Å². The maximum Gasteiger partial charge on any atom is 0.123 e. The van der Waals surface area contributed by atoms with Gasteiger partial charge in [-0.25, -0.2) is 0 Å². The van der Waals surface area contributed by atoms with Crippen molar-refractivity contribution in [2.45, 2.75) is 71.3 Å². The van der Waals surface area contributed by atoms with Gasteiger partial charge in [0.15, 0.2) is 0 Å². The van der Waals surface area contributed by atoms with Gasteiger partial charge in [0.2, 0.25) is 0 Å². The van der Waals surface area contributed by atoms with Crippen LogP contribution in [0, 0.1) is 0 Å². The van der Waals surface area contributed by atoms with Gasteiger partial charge in [0, 0.05) is 19.8 Å². The molecule has 1 fully saturated rings. The summed E-state index contributed by atoms with van der Waals surface area (Å²) >= 11 is 0. The van der Waals surface area contributed by atoms with Gasteiger partial charge in [0.1, 0.15) is 5.75 Å². The lowest BCUT2D eigenvalue weighted by atomic mass is 9.77. The Hall–Kier alpha value is -2.00. The standard InChI is InChI=1S/C27H40N2O/c1-26(2,3)22-17-20(18-23(25(22)30)27(4,5)6)24(29-15-9-10-16-29)19-11-13-21(14-12-19)28(7)8/h11-14,17-18,24,30H,9-10,15-16H2,1-8H3/t24-/m0/s1. The van der Waals surface area contributed by atoms with Crippen LogP contribution in [0.3, 0.4) is 0 Å². The van der Waals surface area contributed by atoms with E-state index in [0.29, 0.717) is 5.75 Å². The van der Waals surface area contributed by atoms with Crippen molar-refractivity contribution in [3.63, 3.8) is 0 Å². The molecule has 0 radical (unpaired) electrons. The van der Waals surface area contributed by atoms with Crippen molar-refractivity contribution in [2.75, 3.05) is 32.1 Å². The smallest absolute Gasteiger partial charge is 0.123 e. The van der Waals surface area contributed by atoms with E-state index in [1.807, 2.05) is 0 Å². The third kappa shape index (κ3) is 4.67. The Morgan fingerprint density at radius 3 is 1.67 bits per heavy atom. The zero-order chi connectivity index (χ0) is 22.3. The Balaban J connectivity index is 2.20. The van der Waals surface area contributed by atoms with E-state index in [4.69, 9.17) is 0 Å². The van der Waals surface area contributed by atoms with Crippen LogP contribution in [0.2, 0.25) is 0 Å². The van der Waals surface area contributed by atoms with E-state index < -0.39 is 0 Å². The van der Waals surface area contributed by atoms with Crippen molar-refractivity contribution >= 4 is 5.69 Å². The van der Waals surface area contributed by atoms with Crippen molar-refractivity contribution in [3.8, 4) is 5.75 Å². The number of aromatic hydroxyl groups is 1. The molecule has 0 bridgehead atoms. The molecule has 0 spiro atoms. The van der Waals surface area contributed by atoms with Gasteiger partial charge in [-0.05, 0) is 83.3 Å². The van der Waals surface area contributed by atoms with Gasteiger partial charge in [0.05, 0.1) is 6.04 Å². The van der Waals surface area contributed by atoms with Gasteiger partial charge < -0.3 is 10.0 Å². The average Bonchev–Trinajstić information content (AvgIpc) is 3.15. The minimum atomic E-state index is -0.121. The summed E-state index contributed by atoms with van der Waals surface area (Å²) in [5.41, 5.74) is 5.68. The molecule has 3 rings (SSSR count). The van der Waals surface area contributed by atoms with Gasteiger partial charge in [0.25, 0.3) is 0 Å².